The second-order valence-electron chi connectivity index (χ2n) is 6.19. The molecule has 0 saturated heterocycles. The van der Waals surface area contributed by atoms with E-state index in [9.17, 15) is 18.0 Å². The number of carbonyl (C=O) groups is 1. The van der Waals surface area contributed by atoms with Gasteiger partial charge in [-0.05, 0) is 17.7 Å². The van der Waals surface area contributed by atoms with Crippen molar-refractivity contribution in [3.8, 4) is 0 Å². The Bertz CT molecular complexity index is 1150. The lowest BCUT2D eigenvalue weighted by Gasteiger charge is -2.09. The summed E-state index contributed by atoms with van der Waals surface area (Å²) in [4.78, 5) is 19.7. The highest BCUT2D eigenvalue weighted by Gasteiger charge is 2.38. The van der Waals surface area contributed by atoms with Crippen molar-refractivity contribution in [3.05, 3.63) is 77.7 Å². The van der Waals surface area contributed by atoms with Crippen LogP contribution in [0.4, 0.5) is 13.2 Å². The van der Waals surface area contributed by atoms with Crippen LogP contribution in [0.5, 0.6) is 0 Å². The van der Waals surface area contributed by atoms with Crippen molar-refractivity contribution in [1.29, 1.82) is 0 Å². The third-order valence-corrected chi connectivity index (χ3v) is 4.17. The van der Waals surface area contributed by atoms with Gasteiger partial charge in [-0.15, -0.1) is 0 Å². The summed E-state index contributed by atoms with van der Waals surface area (Å²) in [7, 11) is 0. The normalized spacial score (nSPS) is 11.7. The van der Waals surface area contributed by atoms with Crippen molar-refractivity contribution in [1.82, 2.24) is 25.0 Å². The molecule has 0 fully saturated rings. The molecule has 0 aliphatic heterocycles. The van der Waals surface area contributed by atoms with E-state index in [2.05, 4.69) is 20.4 Å². The van der Waals surface area contributed by atoms with Crippen LogP contribution in [0.1, 0.15) is 27.9 Å². The number of rotatable bonds is 5. The van der Waals surface area contributed by atoms with E-state index in [1.807, 2.05) is 30.3 Å². The van der Waals surface area contributed by atoms with Crippen molar-refractivity contribution in [2.45, 2.75) is 19.3 Å². The van der Waals surface area contributed by atoms with Gasteiger partial charge in [-0.3, -0.25) is 4.79 Å². The summed E-state index contributed by atoms with van der Waals surface area (Å²) in [5.41, 5.74) is 1.35. The summed E-state index contributed by atoms with van der Waals surface area (Å²) in [6.45, 7) is -0.0907. The van der Waals surface area contributed by atoms with Crippen molar-refractivity contribution in [2.24, 2.45) is 0 Å². The minimum atomic E-state index is -4.65. The first-order chi connectivity index (χ1) is 13.9. The fraction of sp³-hybridized carbons (Fsp3) is 0.158. The van der Waals surface area contributed by atoms with Crippen LogP contribution in [0.2, 0.25) is 0 Å². The molecule has 2 aromatic carbocycles. The number of amides is 1. The maximum absolute atomic E-state index is 13.4. The predicted octanol–water partition coefficient (Wildman–Crippen LogP) is 3.42. The number of alkyl halides is 3. The van der Waals surface area contributed by atoms with Gasteiger partial charge in [0.15, 0.2) is 5.82 Å². The van der Waals surface area contributed by atoms with Gasteiger partial charge < -0.3 is 14.4 Å². The first kappa shape index (κ1) is 18.7. The van der Waals surface area contributed by atoms with Crippen molar-refractivity contribution < 1.29 is 22.5 Å². The van der Waals surface area contributed by atoms with Crippen molar-refractivity contribution in [2.75, 3.05) is 0 Å². The monoisotopic (exact) mass is 401 g/mol. The van der Waals surface area contributed by atoms with E-state index in [1.165, 1.54) is 12.1 Å². The van der Waals surface area contributed by atoms with Crippen LogP contribution in [0.15, 0.2) is 59.1 Å². The first-order valence-electron chi connectivity index (χ1n) is 8.59. The van der Waals surface area contributed by atoms with Crippen LogP contribution in [0.25, 0.3) is 11.0 Å². The Kier molecular flexibility index (Phi) is 4.75. The molecule has 29 heavy (non-hydrogen) atoms. The van der Waals surface area contributed by atoms with Crippen LogP contribution < -0.4 is 5.32 Å². The number of imidazole rings is 1. The molecule has 0 saturated carbocycles. The van der Waals surface area contributed by atoms with Gasteiger partial charge in [-0.1, -0.05) is 47.6 Å². The van der Waals surface area contributed by atoms with Crippen molar-refractivity contribution in [3.63, 3.8) is 0 Å². The van der Waals surface area contributed by atoms with Gasteiger partial charge in [0, 0.05) is 6.54 Å². The Labute approximate surface area is 162 Å². The lowest BCUT2D eigenvalue weighted by atomic mass is 10.2. The van der Waals surface area contributed by atoms with Crippen LogP contribution >= 0.6 is 0 Å². The third kappa shape index (κ3) is 3.96. The Morgan fingerprint density at radius 3 is 2.52 bits per heavy atom. The van der Waals surface area contributed by atoms with Crippen LogP contribution in [0.3, 0.4) is 0 Å². The molecule has 0 unspecified atom stereocenters. The number of hydrogen-bond donors (Lipinski definition) is 1. The van der Waals surface area contributed by atoms with Crippen LogP contribution in [-0.4, -0.2) is 25.6 Å². The molecule has 4 rings (SSSR count). The molecule has 4 aromatic rings. The SMILES string of the molecule is O=C(NCc1ccccc1)c1nc(Cn2c(C(F)(F)F)nc3ccccc32)no1. The lowest BCUT2D eigenvalue weighted by Crippen LogP contribution is -2.23. The highest BCUT2D eigenvalue weighted by molar-refractivity contribution is 5.89. The number of carbonyl (C=O) groups excluding carboxylic acids is 1. The minimum Gasteiger partial charge on any atom is -0.344 e. The van der Waals surface area contributed by atoms with Gasteiger partial charge in [-0.25, -0.2) is 4.98 Å². The van der Waals surface area contributed by atoms with E-state index in [-0.39, 0.29) is 35.8 Å². The number of halogens is 3. The van der Waals surface area contributed by atoms with Gasteiger partial charge in [0.05, 0.1) is 17.6 Å². The summed E-state index contributed by atoms with van der Waals surface area (Å²) in [6, 6.07) is 15.4. The minimum absolute atomic E-state index is 0.0662. The van der Waals surface area contributed by atoms with E-state index in [0.717, 1.165) is 10.1 Å². The number of para-hydroxylation sites is 2. The number of nitrogens with one attached hydrogen (secondary N) is 1. The standard InChI is InChI=1S/C19H14F3N5O2/c20-19(21,22)18-24-13-8-4-5-9-14(13)27(18)11-15-25-17(29-26-15)16(28)23-10-12-6-2-1-3-7-12/h1-9H,10-11H2,(H,23,28). The van der Waals surface area contributed by atoms with Crippen LogP contribution in [0, 0.1) is 0 Å². The topological polar surface area (TPSA) is 85.8 Å². The number of hydrogen-bond acceptors (Lipinski definition) is 5. The van der Waals surface area contributed by atoms with Crippen molar-refractivity contribution >= 4 is 16.9 Å². The molecule has 2 aromatic heterocycles. The number of nitrogens with zero attached hydrogens (tertiary/aromatic N) is 4. The Balaban J connectivity index is 1.54. The molecule has 10 heteroatoms. The molecular weight excluding hydrogens is 387 g/mol. The summed E-state index contributed by atoms with van der Waals surface area (Å²) in [6.07, 6.45) is -4.65. The highest BCUT2D eigenvalue weighted by atomic mass is 19.4. The van der Waals surface area contributed by atoms with Gasteiger partial charge >= 0.3 is 18.0 Å². The van der Waals surface area contributed by atoms with E-state index in [1.54, 1.807) is 12.1 Å². The van der Waals surface area contributed by atoms with E-state index in [4.69, 9.17) is 4.52 Å². The molecule has 1 amide bonds. The summed E-state index contributed by atoms with van der Waals surface area (Å²) in [5.74, 6) is -2.07. The van der Waals surface area contributed by atoms with E-state index >= 15 is 0 Å². The molecule has 0 atom stereocenters. The molecule has 148 valence electrons. The van der Waals surface area contributed by atoms with Gasteiger partial charge in [0.25, 0.3) is 0 Å². The van der Waals surface area contributed by atoms with Gasteiger partial charge in [-0.2, -0.15) is 18.2 Å². The third-order valence-electron chi connectivity index (χ3n) is 4.17. The maximum Gasteiger partial charge on any atom is 0.449 e. The zero-order valence-corrected chi connectivity index (χ0v) is 14.8. The maximum atomic E-state index is 13.4. The molecule has 0 aliphatic carbocycles. The molecule has 0 radical (unpaired) electrons. The average molecular weight is 401 g/mol. The molecule has 0 bridgehead atoms. The molecule has 1 N–H and O–H groups in total. The number of benzene rings is 2. The van der Waals surface area contributed by atoms with Crippen LogP contribution in [-0.2, 0) is 19.3 Å². The van der Waals surface area contributed by atoms with E-state index < -0.39 is 17.9 Å². The smallest absolute Gasteiger partial charge is 0.344 e. The molecule has 0 spiro atoms. The summed E-state index contributed by atoms with van der Waals surface area (Å²) >= 11 is 0. The Morgan fingerprint density at radius 2 is 1.76 bits per heavy atom. The quantitative estimate of drug-likeness (QED) is 0.554. The second-order valence-corrected chi connectivity index (χ2v) is 6.19. The fourth-order valence-electron chi connectivity index (χ4n) is 2.86. The molecule has 7 nitrogen and oxygen atoms in total. The lowest BCUT2D eigenvalue weighted by molar-refractivity contribution is -0.146. The Hall–Kier alpha value is -3.69. The largest absolute Gasteiger partial charge is 0.449 e. The average Bonchev–Trinajstić information content (AvgIpc) is 3.32. The Morgan fingerprint density at radius 1 is 1.03 bits per heavy atom. The fourth-order valence-corrected chi connectivity index (χ4v) is 2.86. The second kappa shape index (κ2) is 7.38. The predicted molar refractivity (Wildman–Crippen MR) is 95.7 cm³/mol. The summed E-state index contributed by atoms with van der Waals surface area (Å²) in [5, 5.41) is 6.25. The molecule has 0 aliphatic rings. The zero-order chi connectivity index (χ0) is 20.4. The number of fused-ring (bicyclic) bond motifs is 1. The summed E-state index contributed by atoms with van der Waals surface area (Å²) < 4.78 is 46.0. The number of aromatic nitrogens is 4. The van der Waals surface area contributed by atoms with E-state index in [0.29, 0.717) is 0 Å². The first-order valence-corrected chi connectivity index (χ1v) is 8.59. The van der Waals surface area contributed by atoms with Gasteiger partial charge in [0.2, 0.25) is 5.82 Å². The van der Waals surface area contributed by atoms with Gasteiger partial charge in [0.1, 0.15) is 0 Å². The zero-order valence-electron chi connectivity index (χ0n) is 14.8. The molecule has 2 heterocycles. The molecular formula is C19H14F3N5O2. The highest BCUT2D eigenvalue weighted by Crippen LogP contribution is 2.31.